The van der Waals surface area contributed by atoms with Gasteiger partial charge in [-0.15, -0.1) is 0 Å². The number of esters is 1. The predicted octanol–water partition coefficient (Wildman–Crippen LogP) is 0.108. The van der Waals surface area contributed by atoms with Crippen molar-refractivity contribution in [2.24, 2.45) is 0 Å². The van der Waals surface area contributed by atoms with Gasteiger partial charge in [-0.1, -0.05) is 12.7 Å². The molecule has 0 spiro atoms. The van der Waals surface area contributed by atoms with E-state index >= 15 is 0 Å². The first-order valence-electron chi connectivity index (χ1n) is 4.90. The standard InChI is InChI=1S/C8H14O4.C3H4O2/c1-7(3-2-4-9)8(11)12-6-5-10;1-2-3(4)5/h3,9-10H,2,4-6H2,1H3;2H,1H2,(H,4,5). The average Bonchev–Trinajstić information content (AvgIpc) is 2.33. The van der Waals surface area contributed by atoms with Gasteiger partial charge in [-0.25, -0.2) is 9.59 Å². The molecule has 0 aliphatic carbocycles. The molecule has 0 aromatic carbocycles. The summed E-state index contributed by atoms with van der Waals surface area (Å²) in [6.07, 6.45) is 2.87. The Morgan fingerprint density at radius 1 is 1.29 bits per heavy atom. The number of aliphatic hydroxyl groups excluding tert-OH is 2. The quantitative estimate of drug-likeness (QED) is 0.454. The Morgan fingerprint density at radius 2 is 1.82 bits per heavy atom. The summed E-state index contributed by atoms with van der Waals surface area (Å²) in [5.41, 5.74) is 0.456. The normalized spacial score (nSPS) is 9.94. The highest BCUT2D eigenvalue weighted by atomic mass is 16.5. The zero-order valence-electron chi connectivity index (χ0n) is 9.76. The van der Waals surface area contributed by atoms with Crippen LogP contribution in [0.15, 0.2) is 24.3 Å². The van der Waals surface area contributed by atoms with Crippen molar-refractivity contribution in [1.29, 1.82) is 0 Å². The van der Waals surface area contributed by atoms with E-state index < -0.39 is 11.9 Å². The van der Waals surface area contributed by atoms with E-state index in [0.29, 0.717) is 12.0 Å². The molecule has 3 N–H and O–H groups in total. The highest BCUT2D eigenvalue weighted by Crippen LogP contribution is 1.97. The topological polar surface area (TPSA) is 104 Å². The minimum Gasteiger partial charge on any atom is -0.478 e. The van der Waals surface area contributed by atoms with Gasteiger partial charge in [-0.2, -0.15) is 0 Å². The Balaban J connectivity index is 0. The molecule has 0 radical (unpaired) electrons. The lowest BCUT2D eigenvalue weighted by Gasteiger charge is -2.01. The fourth-order valence-electron chi connectivity index (χ4n) is 0.617. The summed E-state index contributed by atoms with van der Waals surface area (Å²) in [5, 5.41) is 24.4. The molecule has 0 amide bonds. The molecule has 0 aromatic heterocycles. The molecular formula is C11H18O6. The van der Waals surface area contributed by atoms with Crippen LogP contribution in [-0.4, -0.2) is 47.1 Å². The summed E-state index contributed by atoms with van der Waals surface area (Å²) < 4.78 is 4.61. The SMILES string of the molecule is C=CC(=O)O.CC(=CCCO)C(=O)OCCO. The predicted molar refractivity (Wildman–Crippen MR) is 61.3 cm³/mol. The van der Waals surface area contributed by atoms with Crippen LogP contribution in [0.4, 0.5) is 0 Å². The fraction of sp³-hybridized carbons (Fsp3) is 0.455. The van der Waals surface area contributed by atoms with Crippen LogP contribution in [0.5, 0.6) is 0 Å². The zero-order valence-corrected chi connectivity index (χ0v) is 9.76. The second kappa shape index (κ2) is 12.4. The average molecular weight is 246 g/mol. The van der Waals surface area contributed by atoms with Gasteiger partial charge in [0, 0.05) is 18.3 Å². The number of aliphatic hydroxyl groups is 2. The van der Waals surface area contributed by atoms with E-state index in [9.17, 15) is 9.59 Å². The monoisotopic (exact) mass is 246 g/mol. The van der Waals surface area contributed by atoms with Crippen molar-refractivity contribution in [2.45, 2.75) is 13.3 Å². The van der Waals surface area contributed by atoms with Gasteiger partial charge in [0.05, 0.1) is 6.61 Å². The second-order valence-corrected chi connectivity index (χ2v) is 2.80. The summed E-state index contributed by atoms with van der Waals surface area (Å²) in [6.45, 7) is 4.43. The van der Waals surface area contributed by atoms with Gasteiger partial charge in [-0.05, 0) is 13.3 Å². The first-order valence-corrected chi connectivity index (χ1v) is 4.90. The first-order chi connectivity index (χ1) is 7.99. The molecule has 6 heteroatoms. The van der Waals surface area contributed by atoms with Crippen molar-refractivity contribution < 1.29 is 29.6 Å². The molecule has 0 heterocycles. The fourth-order valence-corrected chi connectivity index (χ4v) is 0.617. The van der Waals surface area contributed by atoms with Crippen LogP contribution in [0.2, 0.25) is 0 Å². The van der Waals surface area contributed by atoms with Crippen LogP contribution in [-0.2, 0) is 14.3 Å². The van der Waals surface area contributed by atoms with Crippen molar-refractivity contribution in [3.63, 3.8) is 0 Å². The van der Waals surface area contributed by atoms with Gasteiger partial charge in [0.25, 0.3) is 0 Å². The summed E-state index contributed by atoms with van der Waals surface area (Å²) in [5.74, 6) is -1.43. The van der Waals surface area contributed by atoms with E-state index in [1.54, 1.807) is 13.0 Å². The van der Waals surface area contributed by atoms with Crippen molar-refractivity contribution in [3.8, 4) is 0 Å². The number of carbonyl (C=O) groups excluding carboxylic acids is 1. The van der Waals surface area contributed by atoms with Gasteiger partial charge < -0.3 is 20.1 Å². The van der Waals surface area contributed by atoms with E-state index in [4.69, 9.17) is 15.3 Å². The van der Waals surface area contributed by atoms with Gasteiger partial charge in [-0.3, -0.25) is 0 Å². The summed E-state index contributed by atoms with van der Waals surface area (Å²) in [6, 6.07) is 0. The number of rotatable bonds is 6. The highest BCUT2D eigenvalue weighted by molar-refractivity contribution is 5.87. The van der Waals surface area contributed by atoms with Crippen molar-refractivity contribution in [3.05, 3.63) is 24.3 Å². The lowest BCUT2D eigenvalue weighted by Crippen LogP contribution is -2.09. The molecule has 0 atom stereocenters. The van der Waals surface area contributed by atoms with Crippen molar-refractivity contribution >= 4 is 11.9 Å². The Kier molecular flexibility index (Phi) is 12.9. The lowest BCUT2D eigenvalue weighted by atomic mass is 10.2. The van der Waals surface area contributed by atoms with Crippen LogP contribution in [0, 0.1) is 0 Å². The van der Waals surface area contributed by atoms with E-state index in [-0.39, 0.29) is 19.8 Å². The molecule has 0 bridgehead atoms. The molecule has 0 aliphatic heterocycles. The number of hydrogen-bond acceptors (Lipinski definition) is 5. The maximum absolute atomic E-state index is 10.9. The number of carbonyl (C=O) groups is 2. The van der Waals surface area contributed by atoms with E-state index in [1.165, 1.54) is 0 Å². The van der Waals surface area contributed by atoms with E-state index in [2.05, 4.69) is 11.3 Å². The van der Waals surface area contributed by atoms with Gasteiger partial charge in [0.2, 0.25) is 0 Å². The first kappa shape index (κ1) is 17.7. The molecule has 0 saturated heterocycles. The molecule has 6 nitrogen and oxygen atoms in total. The second-order valence-electron chi connectivity index (χ2n) is 2.80. The Morgan fingerprint density at radius 3 is 2.18 bits per heavy atom. The molecule has 0 aliphatic rings. The number of carboxylic acid groups (broad SMARTS) is 1. The maximum Gasteiger partial charge on any atom is 0.333 e. The van der Waals surface area contributed by atoms with Gasteiger partial charge >= 0.3 is 11.9 Å². The molecule has 0 rings (SSSR count). The third kappa shape index (κ3) is 14.3. The van der Waals surface area contributed by atoms with Crippen LogP contribution in [0.3, 0.4) is 0 Å². The molecule has 0 saturated carbocycles. The third-order valence-electron chi connectivity index (χ3n) is 1.40. The third-order valence-corrected chi connectivity index (χ3v) is 1.40. The molecule has 17 heavy (non-hydrogen) atoms. The van der Waals surface area contributed by atoms with E-state index in [1.807, 2.05) is 0 Å². The van der Waals surface area contributed by atoms with Crippen LogP contribution >= 0.6 is 0 Å². The van der Waals surface area contributed by atoms with Crippen LogP contribution < -0.4 is 0 Å². The molecule has 98 valence electrons. The minimum absolute atomic E-state index is 0.0170. The number of aliphatic carboxylic acids is 1. The smallest absolute Gasteiger partial charge is 0.333 e. The number of carboxylic acids is 1. The van der Waals surface area contributed by atoms with Crippen molar-refractivity contribution in [2.75, 3.05) is 19.8 Å². The summed E-state index contributed by atoms with van der Waals surface area (Å²) in [7, 11) is 0. The van der Waals surface area contributed by atoms with Crippen LogP contribution in [0.1, 0.15) is 13.3 Å². The number of ether oxygens (including phenoxy) is 1. The van der Waals surface area contributed by atoms with Gasteiger partial charge in [0.15, 0.2) is 0 Å². The molecular weight excluding hydrogens is 228 g/mol. The van der Waals surface area contributed by atoms with Gasteiger partial charge in [0.1, 0.15) is 6.61 Å². The summed E-state index contributed by atoms with van der Waals surface area (Å²) in [4.78, 5) is 20.2. The molecule has 0 aromatic rings. The lowest BCUT2D eigenvalue weighted by molar-refractivity contribution is -0.140. The Hall–Kier alpha value is -1.66. The largest absolute Gasteiger partial charge is 0.478 e. The maximum atomic E-state index is 10.9. The van der Waals surface area contributed by atoms with E-state index in [0.717, 1.165) is 6.08 Å². The Bertz CT molecular complexity index is 269. The Labute approximate surface area is 99.8 Å². The highest BCUT2D eigenvalue weighted by Gasteiger charge is 2.03. The van der Waals surface area contributed by atoms with Crippen LogP contribution in [0.25, 0.3) is 0 Å². The summed E-state index contributed by atoms with van der Waals surface area (Å²) >= 11 is 0. The van der Waals surface area contributed by atoms with Crippen molar-refractivity contribution in [1.82, 2.24) is 0 Å². The zero-order chi connectivity index (χ0) is 13.7. The minimum atomic E-state index is -0.981. The molecule has 0 unspecified atom stereocenters. The number of hydrogen-bond donors (Lipinski definition) is 3. The molecule has 0 fully saturated rings.